The molecule has 1 saturated heterocycles. The maximum atomic E-state index is 13.4. The number of rotatable bonds is 5. The van der Waals surface area contributed by atoms with Gasteiger partial charge in [-0.1, -0.05) is 11.2 Å². The largest absolute Gasteiger partial charge is 0.356 e. The molecule has 4 heterocycles. The normalized spacial score (nSPS) is 17.8. The fourth-order valence-electron chi connectivity index (χ4n) is 5.15. The molecule has 2 aliphatic rings. The zero-order valence-corrected chi connectivity index (χ0v) is 18.7. The first kappa shape index (κ1) is 20.9. The first-order chi connectivity index (χ1) is 15.5. The van der Waals surface area contributed by atoms with Crippen molar-refractivity contribution in [2.75, 3.05) is 32.7 Å². The van der Waals surface area contributed by atoms with Crippen LogP contribution in [0.5, 0.6) is 0 Å². The highest BCUT2D eigenvalue weighted by atomic mass is 19.1. The summed E-state index contributed by atoms with van der Waals surface area (Å²) in [5, 5.41) is 5.16. The van der Waals surface area contributed by atoms with E-state index in [-0.39, 0.29) is 11.7 Å². The quantitative estimate of drug-likeness (QED) is 0.597. The second kappa shape index (κ2) is 8.54. The van der Waals surface area contributed by atoms with E-state index in [1.54, 1.807) is 6.07 Å². The molecule has 0 aliphatic carbocycles. The van der Waals surface area contributed by atoms with Gasteiger partial charge in [0, 0.05) is 43.7 Å². The van der Waals surface area contributed by atoms with Crippen LogP contribution < -0.4 is 0 Å². The van der Waals surface area contributed by atoms with Gasteiger partial charge in [0.2, 0.25) is 0 Å². The van der Waals surface area contributed by atoms with Crippen LogP contribution in [0.25, 0.3) is 17.0 Å². The number of benzene rings is 1. The Bertz CT molecular complexity index is 1170. The van der Waals surface area contributed by atoms with Crippen molar-refractivity contribution in [3.63, 3.8) is 0 Å². The van der Waals surface area contributed by atoms with Gasteiger partial charge in [0.15, 0.2) is 5.58 Å². The number of piperidine rings is 1. The maximum absolute atomic E-state index is 13.4. The van der Waals surface area contributed by atoms with Gasteiger partial charge in [0.1, 0.15) is 5.82 Å². The molecule has 1 amide bonds. The molecule has 0 radical (unpaired) electrons. The van der Waals surface area contributed by atoms with Crippen LogP contribution in [0.1, 0.15) is 52.5 Å². The van der Waals surface area contributed by atoms with E-state index in [9.17, 15) is 9.18 Å². The minimum Gasteiger partial charge on any atom is -0.356 e. The van der Waals surface area contributed by atoms with Crippen LogP contribution in [0.15, 0.2) is 35.0 Å². The van der Waals surface area contributed by atoms with Crippen molar-refractivity contribution in [3.05, 3.63) is 58.8 Å². The molecule has 3 aromatic rings. The standard InChI is InChI=1S/C25H29FN4O2/c1-17-16-28(2)21-5-3-11-30(25(31)23(17)21)12-4-10-29-13-8-18(9-14-29)24-20-7-6-19(26)15-22(20)32-27-24/h3,5-7,15-16,18H,4,8-14H2,1-2H3. The summed E-state index contributed by atoms with van der Waals surface area (Å²) in [6.45, 7) is 6.40. The van der Waals surface area contributed by atoms with Crippen molar-refractivity contribution in [2.24, 2.45) is 7.05 Å². The van der Waals surface area contributed by atoms with Crippen molar-refractivity contribution in [1.82, 2.24) is 19.5 Å². The Morgan fingerprint density at radius 2 is 2.03 bits per heavy atom. The van der Waals surface area contributed by atoms with Crippen molar-refractivity contribution < 1.29 is 13.7 Å². The predicted octanol–water partition coefficient (Wildman–Crippen LogP) is 4.35. The third-order valence-corrected chi connectivity index (χ3v) is 6.86. The topological polar surface area (TPSA) is 54.5 Å². The van der Waals surface area contributed by atoms with Crippen LogP contribution in [-0.4, -0.2) is 58.2 Å². The highest BCUT2D eigenvalue weighted by Crippen LogP contribution is 2.32. The highest BCUT2D eigenvalue weighted by Gasteiger charge is 2.26. The molecule has 0 bridgehead atoms. The highest BCUT2D eigenvalue weighted by molar-refractivity contribution is 5.99. The van der Waals surface area contributed by atoms with Gasteiger partial charge in [-0.2, -0.15) is 0 Å². The SMILES string of the molecule is Cc1cn(C)c2c1C(=O)N(CCCN1CCC(c3noc4cc(F)ccc34)CC1)CC=C2. The number of nitrogens with zero attached hydrogens (tertiary/aromatic N) is 4. The molecule has 2 aromatic heterocycles. The molecular formula is C25H29FN4O2. The van der Waals surface area contributed by atoms with Crippen molar-refractivity contribution in [3.8, 4) is 0 Å². The summed E-state index contributed by atoms with van der Waals surface area (Å²) in [4.78, 5) is 17.5. The third kappa shape index (κ3) is 3.86. The number of amides is 1. The van der Waals surface area contributed by atoms with Crippen LogP contribution >= 0.6 is 0 Å². The van der Waals surface area contributed by atoms with Gasteiger partial charge in [-0.3, -0.25) is 4.79 Å². The summed E-state index contributed by atoms with van der Waals surface area (Å²) in [5.41, 5.74) is 4.35. The van der Waals surface area contributed by atoms with Crippen molar-refractivity contribution >= 4 is 23.0 Å². The van der Waals surface area contributed by atoms with E-state index < -0.39 is 0 Å². The number of carbonyl (C=O) groups excluding carboxylic acids is 1. The second-order valence-corrected chi connectivity index (χ2v) is 9.01. The summed E-state index contributed by atoms with van der Waals surface area (Å²) in [6, 6.07) is 4.65. The Morgan fingerprint density at radius 3 is 2.84 bits per heavy atom. The number of aromatic nitrogens is 2. The van der Waals surface area contributed by atoms with Gasteiger partial charge in [0.25, 0.3) is 5.91 Å². The van der Waals surface area contributed by atoms with Crippen LogP contribution in [0.3, 0.4) is 0 Å². The number of fused-ring (bicyclic) bond motifs is 2. The molecule has 5 rings (SSSR count). The summed E-state index contributed by atoms with van der Waals surface area (Å²) in [7, 11) is 1.99. The summed E-state index contributed by atoms with van der Waals surface area (Å²) >= 11 is 0. The minimum atomic E-state index is -0.299. The Morgan fingerprint density at radius 1 is 1.22 bits per heavy atom. The van der Waals surface area contributed by atoms with E-state index >= 15 is 0 Å². The van der Waals surface area contributed by atoms with E-state index in [1.165, 1.54) is 12.1 Å². The molecule has 0 spiro atoms. The van der Waals surface area contributed by atoms with Crippen LogP contribution in [0.2, 0.25) is 0 Å². The lowest BCUT2D eigenvalue weighted by Crippen LogP contribution is -2.37. The fraction of sp³-hybridized carbons (Fsp3) is 0.440. The number of aryl methyl sites for hydroxylation is 2. The average Bonchev–Trinajstić information content (AvgIpc) is 3.26. The Balaban J connectivity index is 1.14. The van der Waals surface area contributed by atoms with Gasteiger partial charge in [0.05, 0.1) is 17.0 Å². The molecule has 2 aliphatic heterocycles. The lowest BCUT2D eigenvalue weighted by atomic mass is 9.91. The molecule has 7 heteroatoms. The first-order valence-electron chi connectivity index (χ1n) is 11.4. The lowest BCUT2D eigenvalue weighted by Gasteiger charge is -2.31. The van der Waals surface area contributed by atoms with Crippen LogP contribution in [0.4, 0.5) is 4.39 Å². The van der Waals surface area contributed by atoms with Crippen LogP contribution in [0, 0.1) is 12.7 Å². The number of hydrogen-bond donors (Lipinski definition) is 0. The number of likely N-dealkylation sites (tertiary alicyclic amines) is 1. The van der Waals surface area contributed by atoms with Crippen molar-refractivity contribution in [2.45, 2.75) is 32.1 Å². The van der Waals surface area contributed by atoms with Crippen LogP contribution in [-0.2, 0) is 7.05 Å². The average molecular weight is 437 g/mol. The lowest BCUT2D eigenvalue weighted by molar-refractivity contribution is 0.0765. The van der Waals surface area contributed by atoms with E-state index in [4.69, 9.17) is 4.52 Å². The van der Waals surface area contributed by atoms with E-state index in [0.717, 1.165) is 73.3 Å². The van der Waals surface area contributed by atoms with Gasteiger partial charge in [-0.25, -0.2) is 4.39 Å². The summed E-state index contributed by atoms with van der Waals surface area (Å²) in [6.07, 6.45) is 9.15. The molecule has 1 aromatic carbocycles. The number of halogens is 1. The smallest absolute Gasteiger partial charge is 0.256 e. The first-order valence-corrected chi connectivity index (χ1v) is 11.4. The predicted molar refractivity (Wildman–Crippen MR) is 122 cm³/mol. The molecule has 1 fully saturated rings. The molecule has 0 N–H and O–H groups in total. The van der Waals surface area contributed by atoms with Gasteiger partial charge < -0.3 is 18.9 Å². The molecular weight excluding hydrogens is 407 g/mol. The van der Waals surface area contributed by atoms with E-state index in [2.05, 4.69) is 22.2 Å². The molecule has 0 saturated carbocycles. The third-order valence-electron chi connectivity index (χ3n) is 6.86. The minimum absolute atomic E-state index is 0.135. The van der Waals surface area contributed by atoms with Gasteiger partial charge in [-0.15, -0.1) is 0 Å². The zero-order chi connectivity index (χ0) is 22.2. The van der Waals surface area contributed by atoms with Crippen molar-refractivity contribution in [1.29, 1.82) is 0 Å². The number of carbonyl (C=O) groups is 1. The van der Waals surface area contributed by atoms with E-state index in [0.29, 0.717) is 18.0 Å². The Labute approximate surface area is 187 Å². The van der Waals surface area contributed by atoms with E-state index in [1.807, 2.05) is 29.6 Å². The molecule has 6 nitrogen and oxygen atoms in total. The van der Waals surface area contributed by atoms with Gasteiger partial charge >= 0.3 is 0 Å². The molecule has 0 unspecified atom stereocenters. The zero-order valence-electron chi connectivity index (χ0n) is 18.7. The van der Waals surface area contributed by atoms with Gasteiger partial charge in [-0.05, 0) is 69.6 Å². The number of hydrogen-bond acceptors (Lipinski definition) is 4. The maximum Gasteiger partial charge on any atom is 0.256 e. The summed E-state index contributed by atoms with van der Waals surface area (Å²) < 4.78 is 20.8. The Hall–Kier alpha value is -2.93. The second-order valence-electron chi connectivity index (χ2n) is 9.01. The summed E-state index contributed by atoms with van der Waals surface area (Å²) in [5.74, 6) is 0.179. The monoisotopic (exact) mass is 436 g/mol. The molecule has 0 atom stereocenters. The Kier molecular flexibility index (Phi) is 5.59. The fourth-order valence-corrected chi connectivity index (χ4v) is 5.15. The molecule has 32 heavy (non-hydrogen) atoms. The molecule has 168 valence electrons.